The van der Waals surface area contributed by atoms with Crippen LogP contribution in [-0.2, 0) is 4.79 Å². The summed E-state index contributed by atoms with van der Waals surface area (Å²) in [4.78, 5) is 35.4. The quantitative estimate of drug-likeness (QED) is 0.585. The number of anilines is 2. The van der Waals surface area contributed by atoms with E-state index in [1.54, 1.807) is 30.3 Å². The van der Waals surface area contributed by atoms with Gasteiger partial charge in [-0.2, -0.15) is 0 Å². The molecule has 0 aliphatic heterocycles. The minimum atomic E-state index is -0.616. The zero-order chi connectivity index (χ0) is 19.4. The van der Waals surface area contributed by atoms with E-state index in [0.29, 0.717) is 16.9 Å². The van der Waals surface area contributed by atoms with E-state index < -0.39 is 5.91 Å². The van der Waals surface area contributed by atoms with Crippen molar-refractivity contribution in [3.05, 3.63) is 58.6 Å². The number of benzene rings is 2. The Hall–Kier alpha value is -3.06. The fourth-order valence-electron chi connectivity index (χ4n) is 2.45. The molecule has 1 fully saturated rings. The molecule has 0 radical (unpaired) electrons. The lowest BCUT2D eigenvalue weighted by atomic mass is 10.2. The van der Waals surface area contributed by atoms with Crippen molar-refractivity contribution in [1.29, 1.82) is 0 Å². The molecule has 0 unspecified atom stereocenters. The van der Waals surface area contributed by atoms with Gasteiger partial charge in [0.25, 0.3) is 5.91 Å². The molecule has 0 heterocycles. The van der Waals surface area contributed by atoms with Gasteiger partial charge in [0.2, 0.25) is 11.8 Å². The Kier molecular flexibility index (Phi) is 5.61. The molecule has 2 aromatic carbocycles. The van der Waals surface area contributed by atoms with Gasteiger partial charge < -0.3 is 21.7 Å². The zero-order valence-electron chi connectivity index (χ0n) is 14.4. The van der Waals surface area contributed by atoms with E-state index in [1.165, 1.54) is 12.1 Å². The lowest BCUT2D eigenvalue weighted by molar-refractivity contribution is -0.114. The van der Waals surface area contributed by atoms with Crippen LogP contribution in [0.5, 0.6) is 0 Å². The molecule has 0 saturated heterocycles. The molecule has 140 valence electrons. The summed E-state index contributed by atoms with van der Waals surface area (Å²) in [5, 5.41) is 8.76. The van der Waals surface area contributed by atoms with E-state index in [1.807, 2.05) is 0 Å². The van der Waals surface area contributed by atoms with Crippen LogP contribution in [0.4, 0.5) is 11.4 Å². The predicted molar refractivity (Wildman–Crippen MR) is 104 cm³/mol. The Labute approximate surface area is 161 Å². The highest BCUT2D eigenvalue weighted by Crippen LogP contribution is 2.21. The average Bonchev–Trinajstić information content (AvgIpc) is 3.44. The van der Waals surface area contributed by atoms with Crippen molar-refractivity contribution in [3.63, 3.8) is 0 Å². The Balaban J connectivity index is 1.55. The second-order valence-corrected chi connectivity index (χ2v) is 6.70. The van der Waals surface area contributed by atoms with Crippen molar-refractivity contribution in [1.82, 2.24) is 5.32 Å². The third kappa shape index (κ3) is 5.21. The molecule has 7 nitrogen and oxygen atoms in total. The third-order valence-corrected chi connectivity index (χ3v) is 4.32. The highest BCUT2D eigenvalue weighted by atomic mass is 35.5. The number of primary amides is 1. The normalized spacial score (nSPS) is 12.9. The summed E-state index contributed by atoms with van der Waals surface area (Å²) >= 11 is 5.98. The van der Waals surface area contributed by atoms with Gasteiger partial charge in [0.05, 0.1) is 17.1 Å². The monoisotopic (exact) mass is 386 g/mol. The van der Waals surface area contributed by atoms with Crippen LogP contribution < -0.4 is 21.7 Å². The van der Waals surface area contributed by atoms with Crippen LogP contribution in [0.25, 0.3) is 0 Å². The standard InChI is InChI=1S/C19H19ClN4O3/c20-16-9-13(6-7-15(16)18(21)26)22-10-17(25)23-14-3-1-2-11(8-14)19(27)24-12-4-5-12/h1-3,6-9,12,22H,4-5,10H2,(H2,21,26)(H,23,25)(H,24,27). The first kappa shape index (κ1) is 18.7. The molecule has 2 aromatic rings. The fraction of sp³-hybridized carbons (Fsp3) is 0.211. The number of nitrogens with one attached hydrogen (secondary N) is 3. The maximum Gasteiger partial charge on any atom is 0.251 e. The highest BCUT2D eigenvalue weighted by Gasteiger charge is 2.23. The van der Waals surface area contributed by atoms with E-state index in [2.05, 4.69) is 16.0 Å². The van der Waals surface area contributed by atoms with Gasteiger partial charge in [0.15, 0.2) is 0 Å². The van der Waals surface area contributed by atoms with Crippen LogP contribution in [0.3, 0.4) is 0 Å². The Morgan fingerprint density at radius 3 is 2.52 bits per heavy atom. The number of halogens is 1. The van der Waals surface area contributed by atoms with Gasteiger partial charge in [-0.3, -0.25) is 14.4 Å². The van der Waals surface area contributed by atoms with E-state index in [9.17, 15) is 14.4 Å². The van der Waals surface area contributed by atoms with E-state index >= 15 is 0 Å². The van der Waals surface area contributed by atoms with Gasteiger partial charge in [-0.05, 0) is 49.2 Å². The van der Waals surface area contributed by atoms with Crippen molar-refractivity contribution in [2.24, 2.45) is 5.73 Å². The largest absolute Gasteiger partial charge is 0.376 e. The molecule has 8 heteroatoms. The summed E-state index contributed by atoms with van der Waals surface area (Å²) in [6.45, 7) is -0.00918. The maximum absolute atomic E-state index is 12.1. The number of hydrogen-bond donors (Lipinski definition) is 4. The molecule has 3 amide bonds. The van der Waals surface area contributed by atoms with E-state index in [4.69, 9.17) is 17.3 Å². The lowest BCUT2D eigenvalue weighted by Gasteiger charge is -2.10. The highest BCUT2D eigenvalue weighted by molar-refractivity contribution is 6.34. The first-order valence-corrected chi connectivity index (χ1v) is 8.84. The number of amides is 3. The molecular formula is C19H19ClN4O3. The number of rotatable bonds is 7. The van der Waals surface area contributed by atoms with Crippen LogP contribution in [0.1, 0.15) is 33.6 Å². The van der Waals surface area contributed by atoms with Crippen LogP contribution in [0.2, 0.25) is 5.02 Å². The number of hydrogen-bond acceptors (Lipinski definition) is 4. The molecule has 27 heavy (non-hydrogen) atoms. The fourth-order valence-corrected chi connectivity index (χ4v) is 2.72. The lowest BCUT2D eigenvalue weighted by Crippen LogP contribution is -2.26. The molecule has 1 aliphatic carbocycles. The Morgan fingerprint density at radius 1 is 1.07 bits per heavy atom. The van der Waals surface area contributed by atoms with Crippen LogP contribution in [0.15, 0.2) is 42.5 Å². The van der Waals surface area contributed by atoms with E-state index in [-0.39, 0.29) is 35.0 Å². The molecule has 3 rings (SSSR count). The van der Waals surface area contributed by atoms with Gasteiger partial charge in [-0.1, -0.05) is 17.7 Å². The first-order valence-electron chi connectivity index (χ1n) is 8.46. The molecule has 1 saturated carbocycles. The summed E-state index contributed by atoms with van der Waals surface area (Å²) in [6.07, 6.45) is 2.02. The SMILES string of the molecule is NC(=O)c1ccc(NCC(=O)Nc2cccc(C(=O)NC3CC3)c2)cc1Cl. The second-order valence-electron chi connectivity index (χ2n) is 6.29. The summed E-state index contributed by atoms with van der Waals surface area (Å²) in [7, 11) is 0. The topological polar surface area (TPSA) is 113 Å². The van der Waals surface area contributed by atoms with Gasteiger partial charge in [0.1, 0.15) is 0 Å². The van der Waals surface area contributed by atoms with Crippen LogP contribution in [-0.4, -0.2) is 30.3 Å². The minimum Gasteiger partial charge on any atom is -0.376 e. The average molecular weight is 387 g/mol. The minimum absolute atomic E-state index is 0.00918. The zero-order valence-corrected chi connectivity index (χ0v) is 15.2. The van der Waals surface area contributed by atoms with Crippen LogP contribution >= 0.6 is 11.6 Å². The smallest absolute Gasteiger partial charge is 0.251 e. The summed E-state index contributed by atoms with van der Waals surface area (Å²) in [5.74, 6) is -1.05. The van der Waals surface area contributed by atoms with Crippen molar-refractivity contribution in [2.45, 2.75) is 18.9 Å². The molecular weight excluding hydrogens is 368 g/mol. The van der Waals surface area contributed by atoms with Gasteiger partial charge in [0, 0.05) is 23.0 Å². The number of carbonyl (C=O) groups is 3. The molecule has 5 N–H and O–H groups in total. The van der Waals surface area contributed by atoms with Gasteiger partial charge in [-0.25, -0.2) is 0 Å². The molecule has 1 aliphatic rings. The van der Waals surface area contributed by atoms with Crippen molar-refractivity contribution < 1.29 is 14.4 Å². The summed E-state index contributed by atoms with van der Waals surface area (Å²) < 4.78 is 0. The third-order valence-electron chi connectivity index (χ3n) is 4.01. The van der Waals surface area contributed by atoms with Gasteiger partial charge >= 0.3 is 0 Å². The number of carbonyl (C=O) groups excluding carboxylic acids is 3. The maximum atomic E-state index is 12.1. The summed E-state index contributed by atoms with van der Waals surface area (Å²) in [6, 6.07) is 11.7. The van der Waals surface area contributed by atoms with Crippen LogP contribution in [0, 0.1) is 0 Å². The van der Waals surface area contributed by atoms with Crippen molar-refractivity contribution >= 4 is 40.7 Å². The number of nitrogens with two attached hydrogens (primary N) is 1. The molecule has 0 spiro atoms. The Bertz CT molecular complexity index is 896. The molecule has 0 bridgehead atoms. The second kappa shape index (κ2) is 8.09. The summed E-state index contributed by atoms with van der Waals surface area (Å²) in [5.41, 5.74) is 7.03. The predicted octanol–water partition coefficient (Wildman–Crippen LogP) is 2.38. The first-order chi connectivity index (χ1) is 12.9. The Morgan fingerprint density at radius 2 is 1.85 bits per heavy atom. The molecule has 0 atom stereocenters. The molecule has 0 aromatic heterocycles. The van der Waals surface area contributed by atoms with Crippen molar-refractivity contribution in [3.8, 4) is 0 Å². The van der Waals surface area contributed by atoms with Gasteiger partial charge in [-0.15, -0.1) is 0 Å². The van der Waals surface area contributed by atoms with E-state index in [0.717, 1.165) is 12.8 Å². The van der Waals surface area contributed by atoms with Crippen molar-refractivity contribution in [2.75, 3.05) is 17.2 Å².